The van der Waals surface area contributed by atoms with Crippen molar-refractivity contribution >= 4 is 31.7 Å². The highest BCUT2D eigenvalue weighted by molar-refractivity contribution is 9.10. The third kappa shape index (κ3) is 5.51. The Morgan fingerprint density at radius 1 is 1.21 bits per heavy atom. The molecule has 1 heterocycles. The Morgan fingerprint density at radius 3 is 2.55 bits per heavy atom. The van der Waals surface area contributed by atoms with Gasteiger partial charge in [0.15, 0.2) is 9.84 Å². The van der Waals surface area contributed by atoms with Crippen molar-refractivity contribution in [2.45, 2.75) is 18.7 Å². The zero-order valence-corrected chi connectivity index (χ0v) is 18.5. The van der Waals surface area contributed by atoms with Gasteiger partial charge in [0.25, 0.3) is 0 Å². The molecule has 1 amide bonds. The molecule has 0 N–H and O–H groups in total. The van der Waals surface area contributed by atoms with E-state index in [0.29, 0.717) is 5.56 Å². The molecule has 152 valence electrons. The van der Waals surface area contributed by atoms with Crippen molar-refractivity contribution < 1.29 is 13.2 Å². The molecule has 0 aliphatic rings. The van der Waals surface area contributed by atoms with Crippen LogP contribution in [0.5, 0.6) is 0 Å². The molecular weight excluding hydrogens is 456 g/mol. The van der Waals surface area contributed by atoms with Crippen LogP contribution in [0.15, 0.2) is 65.7 Å². The molecule has 0 radical (unpaired) electrons. The van der Waals surface area contributed by atoms with Gasteiger partial charge in [-0.1, -0.05) is 40.2 Å². The number of nitrogens with zero attached hydrogens (tertiary/aromatic N) is 4. The third-order valence-electron chi connectivity index (χ3n) is 4.65. The van der Waals surface area contributed by atoms with Gasteiger partial charge < -0.3 is 4.90 Å². The van der Waals surface area contributed by atoms with Crippen LogP contribution in [0.1, 0.15) is 24.1 Å². The van der Waals surface area contributed by atoms with Crippen molar-refractivity contribution in [3.05, 3.63) is 76.8 Å². The van der Waals surface area contributed by atoms with Crippen molar-refractivity contribution in [3.63, 3.8) is 0 Å². The van der Waals surface area contributed by atoms with Crippen LogP contribution in [0.4, 0.5) is 0 Å². The maximum Gasteiger partial charge on any atom is 0.238 e. The average Bonchev–Trinajstić information content (AvgIpc) is 3.21. The van der Waals surface area contributed by atoms with E-state index in [2.05, 4.69) is 26.0 Å². The van der Waals surface area contributed by atoms with Crippen LogP contribution in [0, 0.1) is 0 Å². The standard InChI is InChI=1S/C20H21BrN4O3S/c1-15(17-6-8-19(9-7-17)25-14-22-13-23-25)24(2)20(26)12-29(27,28)11-16-4-3-5-18(21)10-16/h3-10,13-15H,11-12H2,1-2H3. The molecule has 1 aromatic heterocycles. The zero-order valence-electron chi connectivity index (χ0n) is 16.1. The number of benzene rings is 2. The Hall–Kier alpha value is -2.52. The first-order chi connectivity index (χ1) is 13.7. The van der Waals surface area contributed by atoms with Gasteiger partial charge in [0.2, 0.25) is 5.91 Å². The summed E-state index contributed by atoms with van der Waals surface area (Å²) in [5.74, 6) is -1.14. The van der Waals surface area contributed by atoms with Crippen LogP contribution in [0.25, 0.3) is 5.69 Å². The predicted octanol–water partition coefficient (Wildman–Crippen LogP) is 3.16. The van der Waals surface area contributed by atoms with Crippen molar-refractivity contribution in [1.82, 2.24) is 19.7 Å². The van der Waals surface area contributed by atoms with Gasteiger partial charge in [-0.2, -0.15) is 5.10 Å². The molecule has 0 spiro atoms. The lowest BCUT2D eigenvalue weighted by Gasteiger charge is -2.25. The Morgan fingerprint density at radius 2 is 1.93 bits per heavy atom. The van der Waals surface area contributed by atoms with Gasteiger partial charge in [-0.05, 0) is 42.3 Å². The highest BCUT2D eigenvalue weighted by Crippen LogP contribution is 2.21. The molecule has 9 heteroatoms. The summed E-state index contributed by atoms with van der Waals surface area (Å²) in [6.45, 7) is 1.86. The van der Waals surface area contributed by atoms with Gasteiger partial charge in [-0.25, -0.2) is 18.1 Å². The Labute approximate surface area is 178 Å². The molecule has 0 aliphatic heterocycles. The molecular formula is C20H21BrN4O3S. The Balaban J connectivity index is 1.65. The molecule has 0 aliphatic carbocycles. The van der Waals surface area contributed by atoms with Gasteiger partial charge in [-0.3, -0.25) is 4.79 Å². The topological polar surface area (TPSA) is 85.2 Å². The maximum atomic E-state index is 12.6. The lowest BCUT2D eigenvalue weighted by Crippen LogP contribution is -2.34. The van der Waals surface area contributed by atoms with E-state index in [-0.39, 0.29) is 11.8 Å². The SMILES string of the molecule is CC(c1ccc(-n2cncn2)cc1)N(C)C(=O)CS(=O)(=O)Cc1cccc(Br)c1. The molecule has 0 saturated heterocycles. The molecule has 0 fully saturated rings. The molecule has 0 saturated carbocycles. The summed E-state index contributed by atoms with van der Waals surface area (Å²) in [5.41, 5.74) is 2.39. The molecule has 1 atom stereocenters. The molecule has 3 aromatic rings. The van der Waals surface area contributed by atoms with E-state index in [9.17, 15) is 13.2 Å². The number of sulfone groups is 1. The summed E-state index contributed by atoms with van der Waals surface area (Å²) in [5, 5.41) is 4.08. The first-order valence-electron chi connectivity index (χ1n) is 8.91. The van der Waals surface area contributed by atoms with Gasteiger partial charge in [0.1, 0.15) is 18.4 Å². The summed E-state index contributed by atoms with van der Waals surface area (Å²) in [6.07, 6.45) is 3.06. The second kappa shape index (κ2) is 8.87. The van der Waals surface area contributed by atoms with Crippen LogP contribution in [0.3, 0.4) is 0 Å². The fourth-order valence-electron chi connectivity index (χ4n) is 2.91. The number of carbonyl (C=O) groups is 1. The van der Waals surface area contributed by atoms with E-state index in [4.69, 9.17) is 0 Å². The Bertz CT molecular complexity index is 1080. The minimum absolute atomic E-state index is 0.174. The van der Waals surface area contributed by atoms with Gasteiger partial charge in [0.05, 0.1) is 17.5 Å². The fourth-order valence-corrected chi connectivity index (χ4v) is 4.72. The van der Waals surface area contributed by atoms with Crippen molar-refractivity contribution in [1.29, 1.82) is 0 Å². The normalized spacial score (nSPS) is 12.5. The average molecular weight is 477 g/mol. The summed E-state index contributed by atoms with van der Waals surface area (Å²) in [6, 6.07) is 14.3. The summed E-state index contributed by atoms with van der Waals surface area (Å²) in [7, 11) is -1.96. The van der Waals surface area contributed by atoms with Crippen molar-refractivity contribution in [3.8, 4) is 5.69 Å². The minimum atomic E-state index is -3.58. The smallest absolute Gasteiger partial charge is 0.238 e. The van der Waals surface area contributed by atoms with Crippen LogP contribution >= 0.6 is 15.9 Å². The van der Waals surface area contributed by atoms with Crippen LogP contribution in [-0.4, -0.2) is 46.8 Å². The third-order valence-corrected chi connectivity index (χ3v) is 6.61. The molecule has 3 rings (SSSR count). The van der Waals surface area contributed by atoms with E-state index in [0.717, 1.165) is 15.7 Å². The molecule has 2 aromatic carbocycles. The summed E-state index contributed by atoms with van der Waals surface area (Å²) >= 11 is 3.33. The number of hydrogen-bond donors (Lipinski definition) is 0. The lowest BCUT2D eigenvalue weighted by atomic mass is 10.1. The Kier molecular flexibility index (Phi) is 6.49. The van der Waals surface area contributed by atoms with Crippen molar-refractivity contribution in [2.75, 3.05) is 12.8 Å². The molecule has 29 heavy (non-hydrogen) atoms. The first-order valence-corrected chi connectivity index (χ1v) is 11.5. The van der Waals surface area contributed by atoms with Crippen LogP contribution in [0.2, 0.25) is 0 Å². The zero-order chi connectivity index (χ0) is 21.0. The van der Waals surface area contributed by atoms with Gasteiger partial charge >= 0.3 is 0 Å². The highest BCUT2D eigenvalue weighted by Gasteiger charge is 2.24. The monoisotopic (exact) mass is 476 g/mol. The number of hydrogen-bond acceptors (Lipinski definition) is 5. The van der Waals surface area contributed by atoms with E-state index >= 15 is 0 Å². The largest absolute Gasteiger partial charge is 0.338 e. The lowest BCUT2D eigenvalue weighted by molar-refractivity contribution is -0.129. The highest BCUT2D eigenvalue weighted by atomic mass is 79.9. The summed E-state index contributed by atoms with van der Waals surface area (Å²) < 4.78 is 27.4. The van der Waals surface area contributed by atoms with E-state index in [1.807, 2.05) is 37.3 Å². The first kappa shape index (κ1) is 21.2. The van der Waals surface area contributed by atoms with E-state index in [1.165, 1.54) is 11.2 Å². The molecule has 1 unspecified atom stereocenters. The maximum absolute atomic E-state index is 12.6. The number of halogens is 1. The van der Waals surface area contributed by atoms with Crippen molar-refractivity contribution in [2.24, 2.45) is 0 Å². The predicted molar refractivity (Wildman–Crippen MR) is 114 cm³/mol. The van der Waals surface area contributed by atoms with Gasteiger partial charge in [-0.15, -0.1) is 0 Å². The summed E-state index contributed by atoms with van der Waals surface area (Å²) in [4.78, 5) is 18.0. The van der Waals surface area contributed by atoms with Crippen LogP contribution in [-0.2, 0) is 20.4 Å². The number of amides is 1. The number of rotatable bonds is 7. The minimum Gasteiger partial charge on any atom is -0.338 e. The molecule has 0 bridgehead atoms. The number of aromatic nitrogens is 3. The van der Waals surface area contributed by atoms with E-state index in [1.54, 1.807) is 36.3 Å². The van der Waals surface area contributed by atoms with E-state index < -0.39 is 21.5 Å². The second-order valence-electron chi connectivity index (χ2n) is 6.77. The molecule has 7 nitrogen and oxygen atoms in total. The second-order valence-corrected chi connectivity index (χ2v) is 9.75. The quantitative estimate of drug-likeness (QED) is 0.522. The van der Waals surface area contributed by atoms with Gasteiger partial charge in [0, 0.05) is 11.5 Å². The van der Waals surface area contributed by atoms with Crippen LogP contribution < -0.4 is 0 Å². The number of carbonyl (C=O) groups excluding carboxylic acids is 1. The fraction of sp³-hybridized carbons (Fsp3) is 0.250.